The monoisotopic (exact) mass is 258 g/mol. The lowest BCUT2D eigenvalue weighted by atomic mass is 9.99. The second-order valence-electron chi connectivity index (χ2n) is 3.20. The quantitative estimate of drug-likeness (QED) is 0.438. The van der Waals surface area contributed by atoms with E-state index >= 15 is 0 Å². The first-order valence-electron chi connectivity index (χ1n) is 4.36. The highest BCUT2D eigenvalue weighted by atomic mass is 79.9. The van der Waals surface area contributed by atoms with E-state index in [2.05, 4.69) is 5.32 Å². The van der Waals surface area contributed by atoms with Crippen molar-refractivity contribution < 1.29 is 27.2 Å². The normalized spacial score (nSPS) is 14.0. The van der Waals surface area contributed by atoms with E-state index in [0.717, 1.165) is 30.6 Å². The summed E-state index contributed by atoms with van der Waals surface area (Å²) in [4.78, 5) is 10.4. The predicted molar refractivity (Wildman–Crippen MR) is 47.3 cm³/mol. The average Bonchev–Trinajstić information content (AvgIpc) is 2.17. The van der Waals surface area contributed by atoms with Gasteiger partial charge in [-0.25, -0.2) is 0 Å². The minimum atomic E-state index is -0.288. The zero-order chi connectivity index (χ0) is 9.26. The average molecular weight is 259 g/mol. The molecule has 2 N–H and O–H groups in total. The van der Waals surface area contributed by atoms with Gasteiger partial charge in [0, 0.05) is 23.6 Å². The highest BCUT2D eigenvalue weighted by molar-refractivity contribution is 5.45. The Morgan fingerprint density at radius 2 is 2.21 bits per heavy atom. The molecule has 0 spiro atoms. The molecule has 1 heterocycles. The molecule has 0 saturated carbocycles. The van der Waals surface area contributed by atoms with Gasteiger partial charge in [0.1, 0.15) is 6.54 Å². The number of benzene rings is 1. The molecule has 0 radical (unpaired) electrons. The molecule has 4 nitrogen and oxygen atoms in total. The van der Waals surface area contributed by atoms with Crippen LogP contribution < -0.4 is 22.3 Å². The lowest BCUT2D eigenvalue weighted by Crippen LogP contribution is -3.00. The molecular formula is C9H11BrN2O2. The number of nitrogens with two attached hydrogens (primary N) is 1. The predicted octanol–water partition coefficient (Wildman–Crippen LogP) is -2.78. The Kier molecular flexibility index (Phi) is 3.60. The molecule has 1 aromatic carbocycles. The zero-order valence-electron chi connectivity index (χ0n) is 7.57. The van der Waals surface area contributed by atoms with Crippen LogP contribution in [0.4, 0.5) is 5.69 Å². The molecule has 0 aliphatic carbocycles. The molecule has 1 aliphatic rings. The minimum Gasteiger partial charge on any atom is -1.00 e. The van der Waals surface area contributed by atoms with E-state index in [4.69, 9.17) is 0 Å². The van der Waals surface area contributed by atoms with Crippen LogP contribution in [0.1, 0.15) is 11.1 Å². The van der Waals surface area contributed by atoms with Crippen LogP contribution in [0.5, 0.6) is 0 Å². The lowest BCUT2D eigenvalue weighted by Gasteiger charge is -2.13. The van der Waals surface area contributed by atoms with Gasteiger partial charge in [0.2, 0.25) is 0 Å². The Labute approximate surface area is 92.2 Å². The van der Waals surface area contributed by atoms with E-state index in [0.29, 0.717) is 0 Å². The summed E-state index contributed by atoms with van der Waals surface area (Å²) in [5.41, 5.74) is 2.32. The minimum absolute atomic E-state index is 0. The summed E-state index contributed by atoms with van der Waals surface area (Å²) in [6, 6.07) is 5.32. The molecule has 0 amide bonds. The Morgan fingerprint density at radius 3 is 2.93 bits per heavy atom. The molecule has 0 aromatic heterocycles. The van der Waals surface area contributed by atoms with Gasteiger partial charge < -0.3 is 22.3 Å². The van der Waals surface area contributed by atoms with E-state index in [9.17, 15) is 10.1 Å². The molecule has 0 saturated heterocycles. The van der Waals surface area contributed by atoms with Crippen LogP contribution in [0, 0.1) is 10.1 Å². The van der Waals surface area contributed by atoms with Crippen LogP contribution in [-0.2, 0) is 13.0 Å². The van der Waals surface area contributed by atoms with Crippen LogP contribution in [0.3, 0.4) is 0 Å². The molecule has 76 valence electrons. The standard InChI is InChI=1S/C9H10N2O2.BrH/c12-11(13)9-3-1-2-7-6-10-5-4-8(7)9;/h1-3,10H,4-6H2;1H. The van der Waals surface area contributed by atoms with E-state index in [1.54, 1.807) is 12.1 Å². The Hall–Kier alpha value is -0.940. The number of nitrogens with zero attached hydrogens (tertiary/aromatic N) is 1. The summed E-state index contributed by atoms with van der Waals surface area (Å²) in [7, 11) is 0. The highest BCUT2D eigenvalue weighted by Crippen LogP contribution is 2.23. The van der Waals surface area contributed by atoms with E-state index < -0.39 is 0 Å². The van der Waals surface area contributed by atoms with Gasteiger partial charge in [0.25, 0.3) is 5.69 Å². The number of quaternary nitrogens is 1. The molecule has 0 unspecified atom stereocenters. The summed E-state index contributed by atoms with van der Waals surface area (Å²) >= 11 is 0. The second-order valence-corrected chi connectivity index (χ2v) is 3.20. The first-order valence-corrected chi connectivity index (χ1v) is 4.36. The van der Waals surface area contributed by atoms with Gasteiger partial charge in [-0.1, -0.05) is 12.1 Å². The molecule has 1 aromatic rings. The Morgan fingerprint density at radius 1 is 1.43 bits per heavy atom. The maximum Gasteiger partial charge on any atom is 0.273 e. The fourth-order valence-corrected chi connectivity index (χ4v) is 1.78. The largest absolute Gasteiger partial charge is 1.00 e. The van der Waals surface area contributed by atoms with Gasteiger partial charge in [0.05, 0.1) is 11.5 Å². The summed E-state index contributed by atoms with van der Waals surface area (Å²) in [5, 5.41) is 12.8. The Bertz CT molecular complexity index is 355. The van der Waals surface area contributed by atoms with E-state index in [-0.39, 0.29) is 27.6 Å². The van der Waals surface area contributed by atoms with Crippen molar-refractivity contribution in [3.63, 3.8) is 0 Å². The number of hydrogen-bond acceptors (Lipinski definition) is 2. The van der Waals surface area contributed by atoms with Crippen molar-refractivity contribution in [1.82, 2.24) is 0 Å². The lowest BCUT2D eigenvalue weighted by molar-refractivity contribution is -0.673. The van der Waals surface area contributed by atoms with Crippen molar-refractivity contribution >= 4 is 5.69 Å². The molecule has 0 bridgehead atoms. The van der Waals surface area contributed by atoms with Gasteiger partial charge in [0.15, 0.2) is 0 Å². The fraction of sp³-hybridized carbons (Fsp3) is 0.333. The first-order chi connectivity index (χ1) is 6.29. The number of fused-ring (bicyclic) bond motifs is 1. The number of nitro benzene ring substituents is 1. The molecule has 5 heteroatoms. The van der Waals surface area contributed by atoms with Gasteiger partial charge >= 0.3 is 0 Å². The summed E-state index contributed by atoms with van der Waals surface area (Å²) in [5.74, 6) is 0. The van der Waals surface area contributed by atoms with Crippen LogP contribution in [0.2, 0.25) is 0 Å². The molecular weight excluding hydrogens is 248 g/mol. The smallest absolute Gasteiger partial charge is 0.273 e. The fourth-order valence-electron chi connectivity index (χ4n) is 1.78. The third-order valence-electron chi connectivity index (χ3n) is 2.41. The first kappa shape index (κ1) is 11.1. The van der Waals surface area contributed by atoms with Crippen LogP contribution in [0.15, 0.2) is 18.2 Å². The second kappa shape index (κ2) is 4.52. The van der Waals surface area contributed by atoms with Crippen LogP contribution in [0.25, 0.3) is 0 Å². The highest BCUT2D eigenvalue weighted by Gasteiger charge is 2.20. The number of halogens is 1. The number of nitro groups is 1. The van der Waals surface area contributed by atoms with Gasteiger partial charge in [-0.05, 0) is 0 Å². The molecule has 14 heavy (non-hydrogen) atoms. The van der Waals surface area contributed by atoms with Crippen molar-refractivity contribution in [3.8, 4) is 0 Å². The van der Waals surface area contributed by atoms with Crippen molar-refractivity contribution in [3.05, 3.63) is 39.4 Å². The zero-order valence-corrected chi connectivity index (χ0v) is 9.16. The third-order valence-corrected chi connectivity index (χ3v) is 2.41. The molecule has 0 atom stereocenters. The van der Waals surface area contributed by atoms with Gasteiger partial charge in [-0.2, -0.15) is 0 Å². The summed E-state index contributed by atoms with van der Waals surface area (Å²) in [6.45, 7) is 1.83. The van der Waals surface area contributed by atoms with Crippen molar-refractivity contribution in [2.75, 3.05) is 6.54 Å². The SMILES string of the molecule is O=[N+]([O-])c1cccc2c1CC[NH2+]C2.[Br-]. The van der Waals surface area contributed by atoms with Crippen molar-refractivity contribution in [2.24, 2.45) is 0 Å². The molecule has 1 aliphatic heterocycles. The number of rotatable bonds is 1. The summed E-state index contributed by atoms with van der Waals surface area (Å²) < 4.78 is 0. The van der Waals surface area contributed by atoms with Gasteiger partial charge in [-0.15, -0.1) is 0 Å². The van der Waals surface area contributed by atoms with E-state index in [1.807, 2.05) is 6.07 Å². The van der Waals surface area contributed by atoms with Crippen molar-refractivity contribution in [2.45, 2.75) is 13.0 Å². The third kappa shape index (κ3) is 1.93. The van der Waals surface area contributed by atoms with Crippen LogP contribution >= 0.6 is 0 Å². The summed E-state index contributed by atoms with van der Waals surface area (Å²) in [6.07, 6.45) is 0.812. The molecule has 2 rings (SSSR count). The molecule has 0 fully saturated rings. The van der Waals surface area contributed by atoms with Gasteiger partial charge in [-0.3, -0.25) is 10.1 Å². The number of hydrogen-bond donors (Lipinski definition) is 1. The van der Waals surface area contributed by atoms with E-state index in [1.165, 1.54) is 0 Å². The maximum absolute atomic E-state index is 10.7. The van der Waals surface area contributed by atoms with Crippen molar-refractivity contribution in [1.29, 1.82) is 0 Å². The Balaban J connectivity index is 0.000000980. The topological polar surface area (TPSA) is 59.8 Å². The van der Waals surface area contributed by atoms with Crippen LogP contribution in [-0.4, -0.2) is 11.5 Å². The maximum atomic E-state index is 10.7.